The highest BCUT2D eigenvalue weighted by atomic mass is 32.2. The van der Waals surface area contributed by atoms with E-state index >= 15 is 0 Å². The third-order valence-electron chi connectivity index (χ3n) is 4.28. The molecule has 1 aliphatic heterocycles. The van der Waals surface area contributed by atoms with Gasteiger partial charge in [0.1, 0.15) is 11.3 Å². The molecule has 0 fully saturated rings. The van der Waals surface area contributed by atoms with Crippen molar-refractivity contribution in [3.63, 3.8) is 0 Å². The fraction of sp³-hybridized carbons (Fsp3) is 0.211. The van der Waals surface area contributed by atoms with Gasteiger partial charge in [-0.3, -0.25) is 4.79 Å². The topological polar surface area (TPSA) is 30.2 Å². The first-order valence-electron chi connectivity index (χ1n) is 7.68. The van der Waals surface area contributed by atoms with Crippen LogP contribution in [0.2, 0.25) is 0 Å². The van der Waals surface area contributed by atoms with E-state index in [-0.39, 0.29) is 28.6 Å². The maximum atomic E-state index is 14.1. The zero-order chi connectivity index (χ0) is 17.0. The maximum Gasteiger partial charge on any atom is 0.194 e. The van der Waals surface area contributed by atoms with Crippen molar-refractivity contribution in [2.45, 2.75) is 30.4 Å². The second kappa shape index (κ2) is 5.45. The summed E-state index contributed by atoms with van der Waals surface area (Å²) in [5.74, 6) is -0.922. The van der Waals surface area contributed by atoms with Crippen LogP contribution in [0, 0.1) is 11.6 Å². The highest BCUT2D eigenvalue weighted by Crippen LogP contribution is 2.41. The Morgan fingerprint density at radius 1 is 1.12 bits per heavy atom. The van der Waals surface area contributed by atoms with Gasteiger partial charge in [0.05, 0.1) is 4.90 Å². The highest BCUT2D eigenvalue weighted by molar-refractivity contribution is 7.98. The summed E-state index contributed by atoms with van der Waals surface area (Å²) < 4.78 is 33.6. The van der Waals surface area contributed by atoms with E-state index in [9.17, 15) is 13.6 Å². The summed E-state index contributed by atoms with van der Waals surface area (Å²) in [6.45, 7) is 4.06. The van der Waals surface area contributed by atoms with Crippen LogP contribution in [0.3, 0.4) is 0 Å². The Balaban J connectivity index is 1.94. The molecule has 0 bridgehead atoms. The molecule has 0 amide bonds. The maximum absolute atomic E-state index is 14.1. The molecule has 1 aliphatic rings. The van der Waals surface area contributed by atoms with Crippen LogP contribution in [-0.2, 0) is 5.75 Å². The minimum absolute atomic E-state index is 0.116. The fourth-order valence-electron chi connectivity index (χ4n) is 2.94. The summed E-state index contributed by atoms with van der Waals surface area (Å²) in [5.41, 5.74) is 1.45. The molecule has 0 saturated heterocycles. The van der Waals surface area contributed by atoms with Crippen LogP contribution < -0.4 is 0 Å². The van der Waals surface area contributed by atoms with Crippen LogP contribution in [0.1, 0.15) is 47.0 Å². The van der Waals surface area contributed by atoms with Crippen molar-refractivity contribution in [3.8, 4) is 0 Å². The molecule has 4 rings (SSSR count). The van der Waals surface area contributed by atoms with E-state index in [0.717, 1.165) is 17.2 Å². The molecule has 1 aromatic heterocycles. The third-order valence-corrected chi connectivity index (χ3v) is 5.40. The third kappa shape index (κ3) is 2.18. The summed E-state index contributed by atoms with van der Waals surface area (Å²) in [7, 11) is 0. The number of hydrogen-bond donors (Lipinski definition) is 0. The molecule has 122 valence electrons. The monoisotopic (exact) mass is 344 g/mol. The average molecular weight is 344 g/mol. The van der Waals surface area contributed by atoms with Crippen molar-refractivity contribution in [2.75, 3.05) is 0 Å². The van der Waals surface area contributed by atoms with Gasteiger partial charge >= 0.3 is 0 Å². The fourth-order valence-corrected chi connectivity index (χ4v) is 4.12. The Hall–Kier alpha value is -2.14. The second-order valence-electron chi connectivity index (χ2n) is 6.17. The predicted molar refractivity (Wildman–Crippen MR) is 89.7 cm³/mol. The summed E-state index contributed by atoms with van der Waals surface area (Å²) >= 11 is 1.31. The quantitative estimate of drug-likeness (QED) is 0.570. The molecule has 24 heavy (non-hydrogen) atoms. The van der Waals surface area contributed by atoms with Crippen molar-refractivity contribution in [1.29, 1.82) is 0 Å². The van der Waals surface area contributed by atoms with Crippen LogP contribution >= 0.6 is 11.8 Å². The molecular formula is C19H14F2O2S. The van der Waals surface area contributed by atoms with Crippen molar-refractivity contribution in [3.05, 3.63) is 64.4 Å². The molecule has 0 saturated carbocycles. The minimum atomic E-state index is -0.945. The van der Waals surface area contributed by atoms with E-state index in [1.54, 1.807) is 6.07 Å². The zero-order valence-corrected chi connectivity index (χ0v) is 14.0. The number of carbonyl (C=O) groups excluding carboxylic acids is 1. The Morgan fingerprint density at radius 2 is 1.88 bits per heavy atom. The lowest BCUT2D eigenvalue weighted by Crippen LogP contribution is -2.06. The molecule has 2 heterocycles. The first-order chi connectivity index (χ1) is 11.5. The molecule has 2 nitrogen and oxygen atoms in total. The lowest BCUT2D eigenvalue weighted by Gasteiger charge is -2.06. The van der Waals surface area contributed by atoms with Gasteiger partial charge in [0.15, 0.2) is 17.4 Å². The van der Waals surface area contributed by atoms with Crippen molar-refractivity contribution < 1.29 is 18.0 Å². The van der Waals surface area contributed by atoms with Gasteiger partial charge in [-0.05, 0) is 24.3 Å². The predicted octanol–water partition coefficient (Wildman–Crippen LogP) is 5.67. The van der Waals surface area contributed by atoms with Crippen molar-refractivity contribution in [1.82, 2.24) is 0 Å². The highest BCUT2D eigenvalue weighted by Gasteiger charge is 2.28. The SMILES string of the molecule is CC(C)c1cc2ccc3c(c2o1)SCc1c(ccc(F)c1F)C3=O. The largest absolute Gasteiger partial charge is 0.460 e. The van der Waals surface area contributed by atoms with Crippen LogP contribution in [0.5, 0.6) is 0 Å². The second-order valence-corrected chi connectivity index (χ2v) is 7.15. The minimum Gasteiger partial charge on any atom is -0.460 e. The Bertz CT molecular complexity index is 989. The molecule has 0 aliphatic carbocycles. The van der Waals surface area contributed by atoms with E-state index in [1.807, 2.05) is 26.0 Å². The first kappa shape index (κ1) is 15.4. The van der Waals surface area contributed by atoms with Crippen molar-refractivity contribution >= 4 is 28.5 Å². The summed E-state index contributed by atoms with van der Waals surface area (Å²) in [6, 6.07) is 7.90. The average Bonchev–Trinajstić information content (AvgIpc) is 2.94. The number of ketones is 1. The number of benzene rings is 2. The first-order valence-corrected chi connectivity index (χ1v) is 8.66. The molecule has 3 aromatic rings. The van der Waals surface area contributed by atoms with Gasteiger partial charge in [-0.15, -0.1) is 11.8 Å². The lowest BCUT2D eigenvalue weighted by molar-refractivity contribution is 0.103. The van der Waals surface area contributed by atoms with E-state index in [1.165, 1.54) is 17.8 Å². The zero-order valence-electron chi connectivity index (χ0n) is 13.2. The lowest BCUT2D eigenvalue weighted by atomic mass is 9.98. The van der Waals surface area contributed by atoms with Gasteiger partial charge in [-0.2, -0.15) is 0 Å². The summed E-state index contributed by atoms with van der Waals surface area (Å²) in [4.78, 5) is 13.5. The number of halogens is 2. The molecule has 5 heteroatoms. The summed E-state index contributed by atoms with van der Waals surface area (Å²) in [6.07, 6.45) is 0. The van der Waals surface area contributed by atoms with Crippen LogP contribution in [0.15, 0.2) is 39.6 Å². The van der Waals surface area contributed by atoms with E-state index in [4.69, 9.17) is 4.42 Å². The summed E-state index contributed by atoms with van der Waals surface area (Å²) in [5, 5.41) is 0.912. The van der Waals surface area contributed by atoms with Gasteiger partial charge in [0.2, 0.25) is 0 Å². The Labute approximate surface area is 141 Å². The van der Waals surface area contributed by atoms with Gasteiger partial charge < -0.3 is 4.42 Å². The standard InChI is InChI=1S/C19H14F2O2S/c1-9(2)15-7-10-3-4-12-17(22)11-5-6-14(20)16(21)13(11)8-24-19(12)18(10)23-15/h3-7,9H,8H2,1-2H3. The van der Waals surface area contributed by atoms with Gasteiger partial charge in [-0.1, -0.05) is 19.9 Å². The normalized spacial score (nSPS) is 14.0. The molecule has 0 spiro atoms. The smallest absolute Gasteiger partial charge is 0.194 e. The van der Waals surface area contributed by atoms with E-state index < -0.39 is 11.6 Å². The molecule has 2 aromatic carbocycles. The van der Waals surface area contributed by atoms with Gasteiger partial charge in [0.25, 0.3) is 0 Å². The number of thioether (sulfide) groups is 1. The number of rotatable bonds is 1. The van der Waals surface area contributed by atoms with Gasteiger partial charge in [0, 0.05) is 33.7 Å². The number of hydrogen-bond acceptors (Lipinski definition) is 3. The Kier molecular flexibility index (Phi) is 3.49. The van der Waals surface area contributed by atoms with Crippen LogP contribution in [-0.4, -0.2) is 5.78 Å². The number of carbonyl (C=O) groups is 1. The molecule has 0 atom stereocenters. The molecular weight excluding hydrogens is 330 g/mol. The van der Waals surface area contributed by atoms with Gasteiger partial charge in [-0.25, -0.2) is 8.78 Å². The van der Waals surface area contributed by atoms with E-state index in [0.29, 0.717) is 16.0 Å². The number of fused-ring (bicyclic) bond motifs is 4. The Morgan fingerprint density at radius 3 is 2.62 bits per heavy atom. The van der Waals surface area contributed by atoms with Crippen LogP contribution in [0.4, 0.5) is 8.78 Å². The molecule has 0 radical (unpaired) electrons. The molecule has 0 N–H and O–H groups in total. The van der Waals surface area contributed by atoms with Crippen LogP contribution in [0.25, 0.3) is 11.0 Å². The number of furan rings is 1. The van der Waals surface area contributed by atoms with Crippen molar-refractivity contribution in [2.24, 2.45) is 0 Å². The molecule has 0 unspecified atom stereocenters. The van der Waals surface area contributed by atoms with E-state index in [2.05, 4.69) is 0 Å².